The maximum absolute atomic E-state index is 12.2. The van der Waals surface area contributed by atoms with Crippen LogP contribution >= 0.6 is 0 Å². The second-order valence-electron chi connectivity index (χ2n) is 5.27. The molecule has 0 unspecified atom stereocenters. The molecule has 5 nitrogen and oxygen atoms in total. The minimum absolute atomic E-state index is 0.159. The van der Waals surface area contributed by atoms with Gasteiger partial charge in [0, 0.05) is 25.0 Å². The van der Waals surface area contributed by atoms with E-state index in [-0.39, 0.29) is 17.9 Å². The third-order valence-corrected chi connectivity index (χ3v) is 3.61. The van der Waals surface area contributed by atoms with Gasteiger partial charge in [0.1, 0.15) is 0 Å². The van der Waals surface area contributed by atoms with E-state index >= 15 is 0 Å². The van der Waals surface area contributed by atoms with Gasteiger partial charge < -0.3 is 10.6 Å². The Morgan fingerprint density at radius 2 is 1.86 bits per heavy atom. The number of nitrogens with one attached hydrogen (secondary N) is 2. The molecule has 1 aromatic rings. The highest BCUT2D eigenvalue weighted by Crippen LogP contribution is 2.17. The summed E-state index contributed by atoms with van der Waals surface area (Å²) in [6.07, 6.45) is 10.2. The second kappa shape index (κ2) is 7.57. The van der Waals surface area contributed by atoms with Crippen molar-refractivity contribution in [1.82, 2.24) is 15.6 Å². The van der Waals surface area contributed by atoms with Gasteiger partial charge >= 0.3 is 0 Å². The van der Waals surface area contributed by atoms with Gasteiger partial charge in [-0.25, -0.2) is 0 Å². The molecule has 1 fully saturated rings. The minimum atomic E-state index is -0.255. The summed E-state index contributed by atoms with van der Waals surface area (Å²) in [4.78, 5) is 28.0. The zero-order valence-electron chi connectivity index (χ0n) is 12.1. The summed E-state index contributed by atoms with van der Waals surface area (Å²) >= 11 is 0. The van der Waals surface area contributed by atoms with Crippen LogP contribution in [0.2, 0.25) is 0 Å². The van der Waals surface area contributed by atoms with E-state index in [1.165, 1.54) is 18.8 Å². The van der Waals surface area contributed by atoms with Gasteiger partial charge in [0.2, 0.25) is 0 Å². The van der Waals surface area contributed by atoms with Crippen molar-refractivity contribution in [2.45, 2.75) is 38.1 Å². The fraction of sp³-hybridized carbons (Fsp3) is 0.438. The van der Waals surface area contributed by atoms with Crippen LogP contribution in [0, 0.1) is 0 Å². The zero-order valence-corrected chi connectivity index (χ0v) is 12.1. The van der Waals surface area contributed by atoms with Gasteiger partial charge in [-0.2, -0.15) is 0 Å². The molecule has 0 radical (unpaired) electrons. The molecule has 1 aromatic heterocycles. The van der Waals surface area contributed by atoms with Crippen LogP contribution in [-0.2, 0) is 0 Å². The Morgan fingerprint density at radius 3 is 2.52 bits per heavy atom. The quantitative estimate of drug-likeness (QED) is 0.814. The Labute approximate surface area is 124 Å². The largest absolute Gasteiger partial charge is 0.349 e. The first-order valence-electron chi connectivity index (χ1n) is 7.35. The third-order valence-electron chi connectivity index (χ3n) is 3.61. The molecule has 1 saturated carbocycles. The summed E-state index contributed by atoms with van der Waals surface area (Å²) in [6.45, 7) is 3.93. The number of rotatable bonds is 5. The van der Waals surface area contributed by atoms with E-state index in [9.17, 15) is 9.59 Å². The van der Waals surface area contributed by atoms with Gasteiger partial charge in [-0.1, -0.05) is 25.3 Å². The maximum atomic E-state index is 12.2. The topological polar surface area (TPSA) is 71.1 Å². The maximum Gasteiger partial charge on any atom is 0.253 e. The number of hydrogen-bond acceptors (Lipinski definition) is 3. The fourth-order valence-electron chi connectivity index (χ4n) is 2.47. The van der Waals surface area contributed by atoms with E-state index in [1.54, 1.807) is 12.1 Å². The van der Waals surface area contributed by atoms with Crippen molar-refractivity contribution in [1.29, 1.82) is 0 Å². The monoisotopic (exact) mass is 287 g/mol. The summed E-state index contributed by atoms with van der Waals surface area (Å²) in [7, 11) is 0. The molecule has 0 aromatic carbocycles. The first-order valence-corrected chi connectivity index (χ1v) is 7.35. The molecule has 2 amide bonds. The highest BCUT2D eigenvalue weighted by molar-refractivity contribution is 5.99. The Hall–Kier alpha value is -2.17. The van der Waals surface area contributed by atoms with Gasteiger partial charge in [-0.15, -0.1) is 6.58 Å². The lowest BCUT2D eigenvalue weighted by molar-refractivity contribution is 0.0927. The number of aromatic nitrogens is 1. The molecule has 0 spiro atoms. The van der Waals surface area contributed by atoms with Crippen molar-refractivity contribution >= 4 is 11.8 Å². The molecule has 0 aliphatic heterocycles. The summed E-state index contributed by atoms with van der Waals surface area (Å²) in [5.41, 5.74) is 0.806. The number of hydrogen-bond donors (Lipinski definition) is 2. The molecule has 0 saturated heterocycles. The minimum Gasteiger partial charge on any atom is -0.349 e. The first kappa shape index (κ1) is 15.2. The highest BCUT2D eigenvalue weighted by Gasteiger charge is 2.17. The van der Waals surface area contributed by atoms with E-state index in [0.29, 0.717) is 17.7 Å². The van der Waals surface area contributed by atoms with Gasteiger partial charge in [0.25, 0.3) is 11.8 Å². The van der Waals surface area contributed by atoms with E-state index < -0.39 is 0 Å². The first-order chi connectivity index (χ1) is 10.2. The molecule has 0 atom stereocenters. The molecule has 21 heavy (non-hydrogen) atoms. The third kappa shape index (κ3) is 4.41. The highest BCUT2D eigenvalue weighted by atomic mass is 16.2. The van der Waals surface area contributed by atoms with Crippen molar-refractivity contribution in [3.05, 3.63) is 42.2 Å². The molecule has 1 heterocycles. The number of pyridine rings is 1. The van der Waals surface area contributed by atoms with Crippen LogP contribution in [0.15, 0.2) is 31.1 Å². The molecule has 0 bridgehead atoms. The molecular weight excluding hydrogens is 266 g/mol. The second-order valence-corrected chi connectivity index (χ2v) is 5.27. The van der Waals surface area contributed by atoms with Gasteiger partial charge in [0.05, 0.1) is 11.1 Å². The van der Waals surface area contributed by atoms with E-state index in [0.717, 1.165) is 25.7 Å². The van der Waals surface area contributed by atoms with Crippen molar-refractivity contribution in [3.8, 4) is 0 Å². The number of nitrogens with zero attached hydrogens (tertiary/aromatic N) is 1. The Kier molecular flexibility index (Phi) is 5.49. The van der Waals surface area contributed by atoms with Crippen molar-refractivity contribution in [3.63, 3.8) is 0 Å². The average Bonchev–Trinajstić information content (AvgIpc) is 2.53. The lowest BCUT2D eigenvalue weighted by atomic mass is 9.95. The van der Waals surface area contributed by atoms with E-state index in [2.05, 4.69) is 22.2 Å². The smallest absolute Gasteiger partial charge is 0.253 e. The zero-order chi connectivity index (χ0) is 15.1. The molecule has 2 N–H and O–H groups in total. The van der Waals surface area contributed by atoms with Crippen molar-refractivity contribution < 1.29 is 9.59 Å². The van der Waals surface area contributed by atoms with Gasteiger partial charge in [-0.3, -0.25) is 14.6 Å². The molecule has 112 valence electrons. The average molecular weight is 287 g/mol. The van der Waals surface area contributed by atoms with Gasteiger partial charge in [0.15, 0.2) is 0 Å². The Morgan fingerprint density at radius 1 is 1.19 bits per heavy atom. The van der Waals surface area contributed by atoms with Crippen molar-refractivity contribution in [2.24, 2.45) is 0 Å². The standard InChI is InChI=1S/C16H21N3O2/c1-2-8-18-15(20)12-9-13(11-17-10-12)16(21)19-14-6-4-3-5-7-14/h2,9-11,14H,1,3-8H2,(H,18,20)(H,19,21). The molecular formula is C16H21N3O2. The van der Waals surface area contributed by atoms with Crippen LogP contribution < -0.4 is 10.6 Å². The summed E-state index contributed by atoms with van der Waals surface area (Å²) in [6, 6.07) is 1.81. The van der Waals surface area contributed by atoms with Crippen LogP contribution in [0.5, 0.6) is 0 Å². The lowest BCUT2D eigenvalue weighted by Gasteiger charge is -2.22. The number of carbonyl (C=O) groups excluding carboxylic acids is 2. The van der Waals surface area contributed by atoms with E-state index in [1.807, 2.05) is 0 Å². The number of amides is 2. The van der Waals surface area contributed by atoms with Crippen molar-refractivity contribution in [2.75, 3.05) is 6.54 Å². The summed E-state index contributed by atoms with van der Waals surface area (Å²) in [5.74, 6) is -0.414. The predicted molar refractivity (Wildman–Crippen MR) is 81.1 cm³/mol. The molecule has 1 aliphatic rings. The Balaban J connectivity index is 2.00. The SMILES string of the molecule is C=CCNC(=O)c1cncc(C(=O)NC2CCCCC2)c1. The van der Waals surface area contributed by atoms with Crippen LogP contribution in [0.4, 0.5) is 0 Å². The predicted octanol–water partition coefficient (Wildman–Crippen LogP) is 2.06. The van der Waals surface area contributed by atoms with Crippen LogP contribution in [0.3, 0.4) is 0 Å². The number of carbonyl (C=O) groups is 2. The van der Waals surface area contributed by atoms with Crippen LogP contribution in [-0.4, -0.2) is 29.4 Å². The van der Waals surface area contributed by atoms with E-state index in [4.69, 9.17) is 0 Å². The molecule has 2 rings (SSSR count). The van der Waals surface area contributed by atoms with Crippen LogP contribution in [0.1, 0.15) is 52.8 Å². The molecule has 5 heteroatoms. The fourth-order valence-corrected chi connectivity index (χ4v) is 2.47. The normalized spacial score (nSPS) is 15.2. The molecule has 1 aliphatic carbocycles. The van der Waals surface area contributed by atoms with Gasteiger partial charge in [-0.05, 0) is 18.9 Å². The van der Waals surface area contributed by atoms with Crippen LogP contribution in [0.25, 0.3) is 0 Å². The lowest BCUT2D eigenvalue weighted by Crippen LogP contribution is -2.36. The summed E-state index contributed by atoms with van der Waals surface area (Å²) in [5, 5.41) is 5.69. The Bertz CT molecular complexity index is 522. The summed E-state index contributed by atoms with van der Waals surface area (Å²) < 4.78 is 0.